The molecule has 0 saturated heterocycles. The molecule has 0 fully saturated rings. The van der Waals surface area contributed by atoms with Crippen LogP contribution in [-0.2, 0) is 22.0 Å². The Labute approximate surface area is 228 Å². The third-order valence-corrected chi connectivity index (χ3v) is 7.86. The Morgan fingerprint density at radius 3 is 2.50 bits per heavy atom. The van der Waals surface area contributed by atoms with Gasteiger partial charge >= 0.3 is 6.18 Å². The molecule has 0 saturated carbocycles. The van der Waals surface area contributed by atoms with Crippen molar-refractivity contribution in [2.75, 3.05) is 0 Å². The van der Waals surface area contributed by atoms with Gasteiger partial charge in [-0.1, -0.05) is 53.9 Å². The summed E-state index contributed by atoms with van der Waals surface area (Å²) in [5, 5.41) is 4.22. The molecule has 0 aromatic heterocycles. The smallest absolute Gasteiger partial charge is 0.368 e. The number of hydrazone groups is 1. The number of thioether (sulfide) groups is 1. The summed E-state index contributed by atoms with van der Waals surface area (Å²) in [7, 11) is -4.33. The summed E-state index contributed by atoms with van der Waals surface area (Å²) in [6.45, 7) is 3.22. The second-order valence-electron chi connectivity index (χ2n) is 7.91. The van der Waals surface area contributed by atoms with Gasteiger partial charge in [-0.3, -0.25) is 0 Å². The summed E-state index contributed by atoms with van der Waals surface area (Å²) < 4.78 is 68.9. The number of rotatable bonds is 6. The fraction of sp³-hybridized carbons (Fsp3) is 0.154. The van der Waals surface area contributed by atoms with Gasteiger partial charge < -0.3 is 5.73 Å². The summed E-state index contributed by atoms with van der Waals surface area (Å²) >= 11 is 7.22. The van der Waals surface area contributed by atoms with Crippen LogP contribution in [0.1, 0.15) is 29.2 Å². The highest BCUT2D eigenvalue weighted by Crippen LogP contribution is 2.36. The van der Waals surface area contributed by atoms with Crippen LogP contribution in [0.5, 0.6) is 0 Å². The first-order valence-corrected chi connectivity index (χ1v) is 13.7. The Hall–Kier alpha value is -3.46. The van der Waals surface area contributed by atoms with E-state index in [9.17, 15) is 21.6 Å². The second-order valence-corrected chi connectivity index (χ2v) is 10.9. The lowest BCUT2D eigenvalue weighted by Crippen LogP contribution is -2.29. The zero-order chi connectivity index (χ0) is 27.9. The number of nitrogens with zero attached hydrogens (tertiary/aromatic N) is 2. The molecule has 0 aliphatic heterocycles. The number of guanidine groups is 1. The van der Waals surface area contributed by atoms with E-state index in [1.54, 1.807) is 13.8 Å². The minimum atomic E-state index is -4.49. The van der Waals surface area contributed by atoms with E-state index in [-0.39, 0.29) is 15.5 Å². The van der Waals surface area contributed by atoms with Crippen LogP contribution >= 0.6 is 23.4 Å². The summed E-state index contributed by atoms with van der Waals surface area (Å²) in [5.41, 5.74) is 9.27. The average Bonchev–Trinajstić information content (AvgIpc) is 2.86. The maximum absolute atomic E-state index is 13.1. The van der Waals surface area contributed by atoms with E-state index in [1.807, 2.05) is 30.3 Å². The number of halogens is 4. The van der Waals surface area contributed by atoms with Gasteiger partial charge in [-0.2, -0.15) is 26.7 Å². The maximum Gasteiger partial charge on any atom is 0.416 e. The van der Waals surface area contributed by atoms with E-state index in [0.29, 0.717) is 21.9 Å². The first kappa shape index (κ1) is 29.1. The normalized spacial score (nSPS) is 12.6. The van der Waals surface area contributed by atoms with Crippen LogP contribution in [0, 0.1) is 18.8 Å². The molecule has 38 heavy (non-hydrogen) atoms. The molecule has 0 aliphatic carbocycles. The average molecular weight is 579 g/mol. The van der Waals surface area contributed by atoms with Crippen LogP contribution in [0.25, 0.3) is 0 Å². The molecule has 3 aromatic rings. The summed E-state index contributed by atoms with van der Waals surface area (Å²) in [6, 6.07) is 16.8. The number of hydrogen-bond donors (Lipinski definition) is 2. The molecule has 12 heteroatoms. The van der Waals surface area contributed by atoms with Crippen molar-refractivity contribution in [3.05, 3.63) is 94.0 Å². The number of hydrogen-bond acceptors (Lipinski definition) is 4. The molecule has 3 aromatic carbocycles. The molecule has 3 rings (SSSR count). The minimum absolute atomic E-state index is 0.0623. The molecule has 198 valence electrons. The highest BCUT2D eigenvalue weighted by molar-refractivity contribution is 7.99. The lowest BCUT2D eigenvalue weighted by atomic mass is 10.1. The number of alkyl halides is 3. The Kier molecular flexibility index (Phi) is 9.49. The van der Waals surface area contributed by atoms with Crippen molar-refractivity contribution < 1.29 is 21.6 Å². The van der Waals surface area contributed by atoms with Crippen molar-refractivity contribution in [1.29, 1.82) is 0 Å². The maximum atomic E-state index is 13.1. The van der Waals surface area contributed by atoms with Gasteiger partial charge in [0.05, 0.1) is 5.56 Å². The number of nitrogens with one attached hydrogen (secondary N) is 1. The van der Waals surface area contributed by atoms with E-state index in [2.05, 4.69) is 26.8 Å². The largest absolute Gasteiger partial charge is 0.416 e. The molecule has 6 nitrogen and oxygen atoms in total. The van der Waals surface area contributed by atoms with E-state index >= 15 is 0 Å². The number of aryl methyl sites for hydroxylation is 1. The molecule has 0 aliphatic rings. The summed E-state index contributed by atoms with van der Waals surface area (Å²) in [4.78, 5) is 0.0219. The third-order valence-electron chi connectivity index (χ3n) is 4.87. The summed E-state index contributed by atoms with van der Waals surface area (Å²) in [5.74, 6) is 5.28. The van der Waals surface area contributed by atoms with Gasteiger partial charge in [0.2, 0.25) is 5.96 Å². The van der Waals surface area contributed by atoms with Crippen molar-refractivity contribution in [1.82, 2.24) is 5.43 Å². The van der Waals surface area contributed by atoms with Crippen molar-refractivity contribution in [3.63, 3.8) is 0 Å². The van der Waals surface area contributed by atoms with E-state index in [4.69, 9.17) is 17.3 Å². The Morgan fingerprint density at radius 1 is 1.11 bits per heavy atom. The Bertz CT molecular complexity index is 1550. The van der Waals surface area contributed by atoms with Gasteiger partial charge in [-0.25, -0.2) is 5.43 Å². The van der Waals surface area contributed by atoms with Gasteiger partial charge in [0.1, 0.15) is 10.6 Å². The van der Waals surface area contributed by atoms with Crippen LogP contribution in [0.3, 0.4) is 0 Å². The molecule has 3 N–H and O–H groups in total. The van der Waals surface area contributed by atoms with Crippen LogP contribution in [0.15, 0.2) is 86.0 Å². The fourth-order valence-corrected chi connectivity index (χ4v) is 5.66. The van der Waals surface area contributed by atoms with Gasteiger partial charge in [0, 0.05) is 21.2 Å². The topological polar surface area (TPSA) is 96.9 Å². The van der Waals surface area contributed by atoms with Crippen molar-refractivity contribution in [2.24, 2.45) is 15.2 Å². The van der Waals surface area contributed by atoms with Gasteiger partial charge in [0.25, 0.3) is 10.0 Å². The van der Waals surface area contributed by atoms with E-state index in [0.717, 1.165) is 29.5 Å². The van der Waals surface area contributed by atoms with Crippen LogP contribution in [0.4, 0.5) is 13.2 Å². The first-order valence-electron chi connectivity index (χ1n) is 10.9. The lowest BCUT2D eigenvalue weighted by molar-refractivity contribution is -0.137. The molecule has 0 heterocycles. The molecule has 0 amide bonds. The number of nitrogens with two attached hydrogens (primary N) is 1. The predicted molar refractivity (Wildman–Crippen MR) is 146 cm³/mol. The SMILES string of the molecule is C/C(C#Cc1ccccc1)=N\NC(N)=NS(=O)(=O)c1cc(C)c(Cl)cc1SCc1cccc(C(F)(F)F)c1. The van der Waals surface area contributed by atoms with Crippen LogP contribution in [0.2, 0.25) is 5.02 Å². The van der Waals surface area contributed by atoms with E-state index in [1.165, 1.54) is 24.3 Å². The van der Waals surface area contributed by atoms with Gasteiger partial charge in [-0.15, -0.1) is 16.2 Å². The van der Waals surface area contributed by atoms with Crippen LogP contribution < -0.4 is 11.2 Å². The number of benzene rings is 3. The highest BCUT2D eigenvalue weighted by atomic mass is 35.5. The molecule has 0 unspecified atom stereocenters. The van der Waals surface area contributed by atoms with Gasteiger partial charge in [-0.05, 0) is 61.2 Å². The standard InChI is InChI=1S/C26H22ClF3N4O2S2/c1-17-13-24(23(15-22(17)27)37-16-20-9-6-10-21(14-20)26(28,29)30)38(35,36)34-25(31)33-32-18(2)11-12-19-7-4-3-5-8-19/h3-10,13-15H,16H2,1-2H3,(H3,31,33,34)/b32-18+. The zero-order valence-electron chi connectivity index (χ0n) is 20.2. The second kappa shape index (κ2) is 12.4. The first-order chi connectivity index (χ1) is 17.8. The molecule has 0 radical (unpaired) electrons. The molecular weight excluding hydrogens is 557 g/mol. The minimum Gasteiger partial charge on any atom is -0.368 e. The quantitative estimate of drug-likeness (QED) is 0.123. The van der Waals surface area contributed by atoms with Crippen molar-refractivity contribution in [3.8, 4) is 11.8 Å². The Morgan fingerprint density at radius 2 is 1.82 bits per heavy atom. The highest BCUT2D eigenvalue weighted by Gasteiger charge is 2.30. The molecule has 0 bridgehead atoms. The monoisotopic (exact) mass is 578 g/mol. The Balaban J connectivity index is 1.82. The van der Waals surface area contributed by atoms with Crippen LogP contribution in [-0.4, -0.2) is 20.1 Å². The third kappa shape index (κ3) is 8.28. The van der Waals surface area contributed by atoms with Crippen molar-refractivity contribution >= 4 is 45.1 Å². The molecule has 0 atom stereocenters. The lowest BCUT2D eigenvalue weighted by Gasteiger charge is -2.12. The fourth-order valence-electron chi connectivity index (χ4n) is 3.00. The number of sulfonamides is 1. The van der Waals surface area contributed by atoms with E-state index < -0.39 is 27.7 Å². The van der Waals surface area contributed by atoms with Gasteiger partial charge in [0.15, 0.2) is 0 Å². The predicted octanol–water partition coefficient (Wildman–Crippen LogP) is 5.98. The molecular formula is C26H22ClF3N4O2S2. The van der Waals surface area contributed by atoms with Crippen molar-refractivity contribution in [2.45, 2.75) is 35.6 Å². The molecule has 0 spiro atoms. The zero-order valence-corrected chi connectivity index (χ0v) is 22.6. The summed E-state index contributed by atoms with van der Waals surface area (Å²) in [6.07, 6.45) is -4.49.